The SMILES string of the molecule is CC(NCc1ccn[nH]1)c1ccccc1OC(F)F. The molecule has 0 saturated carbocycles. The van der Waals surface area contributed by atoms with Crippen molar-refractivity contribution in [1.29, 1.82) is 0 Å². The zero-order chi connectivity index (χ0) is 13.7. The number of nitrogens with one attached hydrogen (secondary N) is 2. The summed E-state index contributed by atoms with van der Waals surface area (Å²) in [5.74, 6) is 0.196. The second kappa shape index (κ2) is 6.29. The maximum atomic E-state index is 12.3. The van der Waals surface area contributed by atoms with Gasteiger partial charge in [0.1, 0.15) is 5.75 Å². The van der Waals surface area contributed by atoms with Crippen molar-refractivity contribution in [3.05, 3.63) is 47.8 Å². The molecular weight excluding hydrogens is 252 g/mol. The summed E-state index contributed by atoms with van der Waals surface area (Å²) < 4.78 is 29.1. The highest BCUT2D eigenvalue weighted by molar-refractivity contribution is 5.35. The minimum absolute atomic E-state index is 0.113. The predicted molar refractivity (Wildman–Crippen MR) is 66.9 cm³/mol. The monoisotopic (exact) mass is 267 g/mol. The zero-order valence-corrected chi connectivity index (χ0v) is 10.4. The van der Waals surface area contributed by atoms with E-state index in [1.54, 1.807) is 24.4 Å². The molecule has 0 spiro atoms. The molecule has 6 heteroatoms. The lowest BCUT2D eigenvalue weighted by molar-refractivity contribution is -0.0506. The van der Waals surface area contributed by atoms with Crippen LogP contribution in [0.2, 0.25) is 0 Å². The van der Waals surface area contributed by atoms with Crippen LogP contribution in [0.25, 0.3) is 0 Å². The van der Waals surface area contributed by atoms with Crippen LogP contribution < -0.4 is 10.1 Å². The zero-order valence-electron chi connectivity index (χ0n) is 10.4. The van der Waals surface area contributed by atoms with Crippen LogP contribution in [0.3, 0.4) is 0 Å². The Hall–Kier alpha value is -1.95. The van der Waals surface area contributed by atoms with E-state index in [-0.39, 0.29) is 11.8 Å². The molecule has 1 atom stereocenters. The van der Waals surface area contributed by atoms with E-state index in [1.165, 1.54) is 6.07 Å². The molecular formula is C13H15F2N3O. The van der Waals surface area contributed by atoms with Gasteiger partial charge in [0.05, 0.1) is 0 Å². The van der Waals surface area contributed by atoms with Crippen LogP contribution in [-0.4, -0.2) is 16.8 Å². The molecule has 2 rings (SSSR count). The summed E-state index contributed by atoms with van der Waals surface area (Å²) in [5, 5.41) is 9.89. The number of hydrogen-bond donors (Lipinski definition) is 2. The molecule has 4 nitrogen and oxygen atoms in total. The number of aromatic amines is 1. The van der Waals surface area contributed by atoms with Crippen molar-refractivity contribution in [3.63, 3.8) is 0 Å². The lowest BCUT2D eigenvalue weighted by Gasteiger charge is -2.17. The van der Waals surface area contributed by atoms with E-state index in [0.29, 0.717) is 12.1 Å². The summed E-state index contributed by atoms with van der Waals surface area (Å²) in [4.78, 5) is 0. The van der Waals surface area contributed by atoms with Gasteiger partial charge in [0.15, 0.2) is 0 Å². The molecule has 2 N–H and O–H groups in total. The molecule has 1 heterocycles. The first-order chi connectivity index (χ1) is 9.16. The number of H-pyrrole nitrogens is 1. The number of rotatable bonds is 6. The van der Waals surface area contributed by atoms with Crippen LogP contribution in [0.5, 0.6) is 5.75 Å². The number of ether oxygens (including phenoxy) is 1. The standard InChI is InChI=1S/C13H15F2N3O/c1-9(16-8-10-6-7-17-18-10)11-4-2-3-5-12(11)19-13(14)15/h2-7,9,13,16H,8H2,1H3,(H,17,18). The molecule has 0 aliphatic heterocycles. The highest BCUT2D eigenvalue weighted by Gasteiger charge is 2.14. The first kappa shape index (κ1) is 13.5. The second-order valence-corrected chi connectivity index (χ2v) is 4.10. The number of halogens is 2. The number of para-hydroxylation sites is 1. The maximum Gasteiger partial charge on any atom is 0.387 e. The van der Waals surface area contributed by atoms with Crippen molar-refractivity contribution in [3.8, 4) is 5.75 Å². The number of alkyl halides is 2. The van der Waals surface area contributed by atoms with Gasteiger partial charge in [0, 0.05) is 30.0 Å². The summed E-state index contributed by atoms with van der Waals surface area (Å²) in [6, 6.07) is 8.50. The van der Waals surface area contributed by atoms with E-state index in [2.05, 4.69) is 20.3 Å². The molecule has 1 aromatic carbocycles. The van der Waals surface area contributed by atoms with Gasteiger partial charge in [-0.1, -0.05) is 18.2 Å². The molecule has 0 aliphatic rings. The Labute approximate surface area is 109 Å². The van der Waals surface area contributed by atoms with E-state index in [1.807, 2.05) is 13.0 Å². The first-order valence-corrected chi connectivity index (χ1v) is 5.92. The van der Waals surface area contributed by atoms with Gasteiger partial charge in [0.25, 0.3) is 0 Å². The molecule has 2 aromatic rings. The van der Waals surface area contributed by atoms with Crippen LogP contribution in [0.4, 0.5) is 8.78 Å². The van der Waals surface area contributed by atoms with Crippen molar-refractivity contribution in [2.24, 2.45) is 0 Å². The number of hydrogen-bond acceptors (Lipinski definition) is 3. The van der Waals surface area contributed by atoms with Crippen LogP contribution in [0.15, 0.2) is 36.5 Å². The first-order valence-electron chi connectivity index (χ1n) is 5.92. The Morgan fingerprint density at radius 3 is 2.79 bits per heavy atom. The lowest BCUT2D eigenvalue weighted by Crippen LogP contribution is -2.19. The Morgan fingerprint density at radius 1 is 1.32 bits per heavy atom. The van der Waals surface area contributed by atoms with Crippen molar-refractivity contribution in [2.75, 3.05) is 0 Å². The van der Waals surface area contributed by atoms with Gasteiger partial charge in [-0.25, -0.2) is 0 Å². The number of aromatic nitrogens is 2. The highest BCUT2D eigenvalue weighted by atomic mass is 19.3. The van der Waals surface area contributed by atoms with Crippen molar-refractivity contribution < 1.29 is 13.5 Å². The molecule has 0 saturated heterocycles. The average Bonchev–Trinajstić information content (AvgIpc) is 2.89. The third-order valence-electron chi connectivity index (χ3n) is 2.76. The van der Waals surface area contributed by atoms with Gasteiger partial charge >= 0.3 is 6.61 Å². The average molecular weight is 267 g/mol. The minimum atomic E-state index is -2.82. The van der Waals surface area contributed by atoms with Gasteiger partial charge in [-0.2, -0.15) is 13.9 Å². The van der Waals surface area contributed by atoms with Crippen LogP contribution in [0.1, 0.15) is 24.2 Å². The van der Waals surface area contributed by atoms with Gasteiger partial charge in [-0.3, -0.25) is 5.10 Å². The van der Waals surface area contributed by atoms with E-state index in [0.717, 1.165) is 5.69 Å². The highest BCUT2D eigenvalue weighted by Crippen LogP contribution is 2.26. The Balaban J connectivity index is 2.03. The Morgan fingerprint density at radius 2 is 2.11 bits per heavy atom. The molecule has 19 heavy (non-hydrogen) atoms. The lowest BCUT2D eigenvalue weighted by atomic mass is 10.1. The molecule has 102 valence electrons. The van der Waals surface area contributed by atoms with E-state index in [4.69, 9.17) is 0 Å². The Kier molecular flexibility index (Phi) is 4.46. The summed E-state index contributed by atoms with van der Waals surface area (Å²) in [6.07, 6.45) is 1.66. The van der Waals surface area contributed by atoms with Crippen molar-refractivity contribution >= 4 is 0 Å². The fourth-order valence-electron chi connectivity index (χ4n) is 1.80. The number of nitrogens with zero attached hydrogens (tertiary/aromatic N) is 1. The van der Waals surface area contributed by atoms with Gasteiger partial charge in [-0.15, -0.1) is 0 Å². The topological polar surface area (TPSA) is 49.9 Å². The fraction of sp³-hybridized carbons (Fsp3) is 0.308. The van der Waals surface area contributed by atoms with Gasteiger partial charge < -0.3 is 10.1 Å². The van der Waals surface area contributed by atoms with Crippen LogP contribution in [-0.2, 0) is 6.54 Å². The van der Waals surface area contributed by atoms with Crippen molar-refractivity contribution in [1.82, 2.24) is 15.5 Å². The fourth-order valence-corrected chi connectivity index (χ4v) is 1.80. The molecule has 0 fully saturated rings. The quantitative estimate of drug-likeness (QED) is 0.846. The van der Waals surface area contributed by atoms with Gasteiger partial charge in [-0.05, 0) is 19.1 Å². The third kappa shape index (κ3) is 3.75. The minimum Gasteiger partial charge on any atom is -0.434 e. The molecule has 0 amide bonds. The number of benzene rings is 1. The summed E-state index contributed by atoms with van der Waals surface area (Å²) >= 11 is 0. The molecule has 0 bridgehead atoms. The normalized spacial score (nSPS) is 12.6. The molecule has 1 unspecified atom stereocenters. The van der Waals surface area contributed by atoms with E-state index in [9.17, 15) is 8.78 Å². The van der Waals surface area contributed by atoms with Gasteiger partial charge in [0.2, 0.25) is 0 Å². The van der Waals surface area contributed by atoms with Crippen LogP contribution in [0, 0.1) is 0 Å². The molecule has 0 radical (unpaired) electrons. The molecule has 1 aromatic heterocycles. The maximum absolute atomic E-state index is 12.3. The summed E-state index contributed by atoms with van der Waals surface area (Å²) in [7, 11) is 0. The Bertz CT molecular complexity index is 502. The van der Waals surface area contributed by atoms with Crippen molar-refractivity contribution in [2.45, 2.75) is 26.1 Å². The predicted octanol–water partition coefficient (Wildman–Crippen LogP) is 2.86. The second-order valence-electron chi connectivity index (χ2n) is 4.10. The smallest absolute Gasteiger partial charge is 0.387 e. The largest absolute Gasteiger partial charge is 0.434 e. The van der Waals surface area contributed by atoms with Crippen LogP contribution >= 0.6 is 0 Å². The van der Waals surface area contributed by atoms with E-state index < -0.39 is 6.61 Å². The molecule has 0 aliphatic carbocycles. The summed E-state index contributed by atoms with van der Waals surface area (Å²) in [6.45, 7) is -0.352. The summed E-state index contributed by atoms with van der Waals surface area (Å²) in [5.41, 5.74) is 1.63. The van der Waals surface area contributed by atoms with E-state index >= 15 is 0 Å². The third-order valence-corrected chi connectivity index (χ3v) is 2.76.